The predicted molar refractivity (Wildman–Crippen MR) is 30.2 cm³/mol. The average Bonchev–Trinajstić information content (AvgIpc) is 1.86. The van der Waals surface area contributed by atoms with Crippen molar-refractivity contribution in [2.24, 2.45) is 0 Å². The average molecular weight is 119 g/mol. The van der Waals surface area contributed by atoms with Crippen LogP contribution in [0.5, 0.6) is 5.75 Å². The molecule has 1 aromatic carbocycles. The molecule has 0 saturated heterocycles. The van der Waals surface area contributed by atoms with Gasteiger partial charge in [-0.3, -0.25) is 0 Å². The van der Waals surface area contributed by atoms with Gasteiger partial charge in [-0.15, -0.1) is 0 Å². The van der Waals surface area contributed by atoms with Crippen molar-refractivity contribution in [1.29, 1.82) is 0 Å². The largest absolute Gasteiger partial charge is 0.422 e. The minimum atomic E-state index is -0.273. The van der Waals surface area contributed by atoms with Crippen LogP contribution in [-0.4, -0.2) is 5.97 Å². The maximum Gasteiger partial charge on any atom is 0.348 e. The van der Waals surface area contributed by atoms with Crippen LogP contribution in [0.3, 0.4) is 0 Å². The van der Waals surface area contributed by atoms with Crippen LogP contribution < -0.4 is 4.74 Å². The molecule has 1 heterocycles. The standard InChI is InChI=1S/C7H3O2/c8-7-5-3-1-2-4-6(5)9-7/h1-2,4H. The summed E-state index contributed by atoms with van der Waals surface area (Å²) in [6, 6.07) is 7.98. The zero-order chi connectivity index (χ0) is 6.27. The van der Waals surface area contributed by atoms with E-state index in [1.807, 2.05) is 0 Å². The molecule has 43 valence electrons. The van der Waals surface area contributed by atoms with E-state index in [-0.39, 0.29) is 5.97 Å². The fourth-order valence-corrected chi connectivity index (χ4v) is 0.771. The smallest absolute Gasteiger partial charge is 0.348 e. The molecule has 2 rings (SSSR count). The molecule has 1 aliphatic rings. The van der Waals surface area contributed by atoms with Crippen molar-refractivity contribution in [3.8, 4) is 5.75 Å². The number of esters is 1. The number of benzene rings is 1. The lowest BCUT2D eigenvalue weighted by atomic mass is 10.1. The molecule has 0 unspecified atom stereocenters. The minimum absolute atomic E-state index is 0.273. The topological polar surface area (TPSA) is 26.3 Å². The maximum absolute atomic E-state index is 10.5. The second-order valence-electron chi connectivity index (χ2n) is 1.80. The number of ether oxygens (including phenoxy) is 1. The molecule has 9 heavy (non-hydrogen) atoms. The predicted octanol–water partition coefficient (Wildman–Crippen LogP) is 1.02. The second kappa shape index (κ2) is 1.35. The summed E-state index contributed by atoms with van der Waals surface area (Å²) < 4.78 is 4.61. The third-order valence-corrected chi connectivity index (χ3v) is 1.22. The Morgan fingerprint density at radius 1 is 1.56 bits per heavy atom. The maximum atomic E-state index is 10.5. The van der Waals surface area contributed by atoms with Crippen LogP contribution in [0.25, 0.3) is 0 Å². The summed E-state index contributed by atoms with van der Waals surface area (Å²) in [4.78, 5) is 10.5. The van der Waals surface area contributed by atoms with Crippen molar-refractivity contribution >= 4 is 5.97 Å². The van der Waals surface area contributed by atoms with E-state index in [0.717, 1.165) is 0 Å². The van der Waals surface area contributed by atoms with E-state index in [9.17, 15) is 4.79 Å². The van der Waals surface area contributed by atoms with Crippen LogP contribution in [-0.2, 0) is 0 Å². The molecule has 1 aliphatic heterocycles. The van der Waals surface area contributed by atoms with Gasteiger partial charge >= 0.3 is 5.97 Å². The first-order chi connectivity index (χ1) is 4.38. The first-order valence-corrected chi connectivity index (χ1v) is 2.61. The summed E-state index contributed by atoms with van der Waals surface area (Å²) >= 11 is 0. The highest BCUT2D eigenvalue weighted by atomic mass is 16.6. The molecule has 1 aromatic rings. The fourth-order valence-electron chi connectivity index (χ4n) is 0.771. The number of hydrogen-bond donors (Lipinski definition) is 0. The lowest BCUT2D eigenvalue weighted by Gasteiger charge is -2.15. The first-order valence-electron chi connectivity index (χ1n) is 2.61. The van der Waals surface area contributed by atoms with Crippen LogP contribution in [0.4, 0.5) is 0 Å². The molecule has 0 bridgehead atoms. The van der Waals surface area contributed by atoms with Gasteiger partial charge in [0.1, 0.15) is 11.3 Å². The van der Waals surface area contributed by atoms with Gasteiger partial charge in [-0.2, -0.15) is 0 Å². The van der Waals surface area contributed by atoms with Gasteiger partial charge in [-0.25, -0.2) is 4.79 Å². The minimum Gasteiger partial charge on any atom is -0.422 e. The Morgan fingerprint density at radius 2 is 2.44 bits per heavy atom. The van der Waals surface area contributed by atoms with Gasteiger partial charge in [-0.1, -0.05) is 12.1 Å². The van der Waals surface area contributed by atoms with E-state index in [0.29, 0.717) is 11.3 Å². The van der Waals surface area contributed by atoms with E-state index >= 15 is 0 Å². The summed E-state index contributed by atoms with van der Waals surface area (Å²) in [7, 11) is 0. The molecule has 0 saturated carbocycles. The Bertz CT molecular complexity index is 265. The molecular formula is C7H3O2. The van der Waals surface area contributed by atoms with Gasteiger partial charge in [-0.05, 0) is 6.07 Å². The quantitative estimate of drug-likeness (QED) is 0.476. The molecule has 0 aliphatic carbocycles. The zero-order valence-electron chi connectivity index (χ0n) is 4.55. The Labute approximate surface area is 52.1 Å². The number of carbonyl (C=O) groups is 1. The highest BCUT2D eigenvalue weighted by Gasteiger charge is 2.24. The van der Waals surface area contributed by atoms with Crippen LogP contribution in [0.1, 0.15) is 10.4 Å². The van der Waals surface area contributed by atoms with Crippen molar-refractivity contribution in [2.45, 2.75) is 0 Å². The third-order valence-electron chi connectivity index (χ3n) is 1.22. The summed E-state index contributed by atoms with van der Waals surface area (Å²) in [6.45, 7) is 0. The van der Waals surface area contributed by atoms with Gasteiger partial charge in [0, 0.05) is 6.07 Å². The van der Waals surface area contributed by atoms with Crippen molar-refractivity contribution in [1.82, 2.24) is 0 Å². The third kappa shape index (κ3) is 0.470. The zero-order valence-corrected chi connectivity index (χ0v) is 4.55. The van der Waals surface area contributed by atoms with Gasteiger partial charge < -0.3 is 4.74 Å². The van der Waals surface area contributed by atoms with Crippen molar-refractivity contribution in [2.75, 3.05) is 0 Å². The van der Waals surface area contributed by atoms with Gasteiger partial charge in [0.25, 0.3) is 0 Å². The number of carbonyl (C=O) groups excluding carboxylic acids is 1. The molecule has 0 atom stereocenters. The molecule has 1 radical (unpaired) electrons. The fraction of sp³-hybridized carbons (Fsp3) is 0. The SMILES string of the molecule is O=C1Oc2ccc[c]c21. The number of rotatable bonds is 0. The monoisotopic (exact) mass is 119 g/mol. The Kier molecular flexibility index (Phi) is 0.681. The molecule has 0 N–H and O–H groups in total. The normalized spacial score (nSPS) is 13.6. The molecular weight excluding hydrogens is 116 g/mol. The summed E-state index contributed by atoms with van der Waals surface area (Å²) in [5.41, 5.74) is 0.567. The molecule has 2 heteroatoms. The second-order valence-corrected chi connectivity index (χ2v) is 1.80. The molecule has 0 spiro atoms. The molecule has 2 nitrogen and oxygen atoms in total. The van der Waals surface area contributed by atoms with E-state index in [4.69, 9.17) is 0 Å². The van der Waals surface area contributed by atoms with Gasteiger partial charge in [0.15, 0.2) is 0 Å². The summed E-state index contributed by atoms with van der Waals surface area (Å²) in [5.74, 6) is 0.369. The van der Waals surface area contributed by atoms with E-state index in [1.165, 1.54) is 0 Å². The van der Waals surface area contributed by atoms with E-state index in [1.54, 1.807) is 18.2 Å². The highest BCUT2D eigenvalue weighted by molar-refractivity contribution is 6.00. The molecule has 0 aromatic heterocycles. The first kappa shape index (κ1) is 4.56. The summed E-state index contributed by atoms with van der Waals surface area (Å²) in [5, 5.41) is 0. The molecule has 0 fully saturated rings. The number of fused-ring (bicyclic) bond motifs is 1. The van der Waals surface area contributed by atoms with Gasteiger partial charge in [0.2, 0.25) is 0 Å². The highest BCUT2D eigenvalue weighted by Crippen LogP contribution is 2.26. The molecule has 0 amide bonds. The van der Waals surface area contributed by atoms with Crippen LogP contribution in [0, 0.1) is 6.07 Å². The lowest BCUT2D eigenvalue weighted by Crippen LogP contribution is -2.20. The van der Waals surface area contributed by atoms with Crippen molar-refractivity contribution in [3.05, 3.63) is 29.8 Å². The lowest BCUT2D eigenvalue weighted by molar-refractivity contribution is 0.0658. The Hall–Kier alpha value is -1.31. The van der Waals surface area contributed by atoms with Crippen molar-refractivity contribution < 1.29 is 9.53 Å². The van der Waals surface area contributed by atoms with Gasteiger partial charge in [0.05, 0.1) is 0 Å². The van der Waals surface area contributed by atoms with Crippen LogP contribution in [0.2, 0.25) is 0 Å². The van der Waals surface area contributed by atoms with Crippen LogP contribution in [0.15, 0.2) is 18.2 Å². The summed E-state index contributed by atoms with van der Waals surface area (Å²) in [6.07, 6.45) is 0. The van der Waals surface area contributed by atoms with E-state index in [2.05, 4.69) is 10.8 Å². The Balaban J connectivity index is 2.63. The van der Waals surface area contributed by atoms with E-state index < -0.39 is 0 Å². The van der Waals surface area contributed by atoms with Crippen LogP contribution >= 0.6 is 0 Å². The van der Waals surface area contributed by atoms with Crippen molar-refractivity contribution in [3.63, 3.8) is 0 Å². The Morgan fingerprint density at radius 3 is 3.00 bits per heavy atom. The number of hydrogen-bond acceptors (Lipinski definition) is 2.